The molecule has 2 atom stereocenters. The maximum atomic E-state index is 14.3. The van der Waals surface area contributed by atoms with Gasteiger partial charge in [-0.2, -0.15) is 13.2 Å². The average molecular weight is 650 g/mol. The zero-order valence-electron chi connectivity index (χ0n) is 23.2. The van der Waals surface area contributed by atoms with E-state index >= 15 is 0 Å². The SMILES string of the molecule is CCS(=O)(=O)c1ccc(Cl)cc1N(C)C(=O)c1cc(Cl)c(CN2CCC[C@H](NC(=O)[C@@H]3CCNC3)C2)c(C(F)(F)F)c1. The van der Waals surface area contributed by atoms with Gasteiger partial charge in [0.1, 0.15) is 0 Å². The first-order valence-electron chi connectivity index (χ1n) is 13.6. The fraction of sp³-hybridized carbons (Fsp3) is 0.500. The summed E-state index contributed by atoms with van der Waals surface area (Å²) in [4.78, 5) is 28.6. The molecule has 0 aromatic heterocycles. The van der Waals surface area contributed by atoms with Gasteiger partial charge in [0.25, 0.3) is 5.91 Å². The molecule has 8 nitrogen and oxygen atoms in total. The molecule has 2 aliphatic rings. The topological polar surface area (TPSA) is 98.8 Å². The van der Waals surface area contributed by atoms with Crippen molar-refractivity contribution in [2.45, 2.75) is 49.8 Å². The molecule has 2 amide bonds. The van der Waals surface area contributed by atoms with E-state index in [9.17, 15) is 31.2 Å². The molecule has 0 bridgehead atoms. The first kappa shape index (κ1) is 32.5. The van der Waals surface area contributed by atoms with E-state index in [1.54, 1.807) is 0 Å². The van der Waals surface area contributed by atoms with Crippen LogP contribution in [0.15, 0.2) is 35.2 Å². The number of carbonyl (C=O) groups is 2. The lowest BCUT2D eigenvalue weighted by Crippen LogP contribution is -2.49. The lowest BCUT2D eigenvalue weighted by atomic mass is 9.99. The van der Waals surface area contributed by atoms with Crippen molar-refractivity contribution < 1.29 is 31.2 Å². The van der Waals surface area contributed by atoms with Gasteiger partial charge in [0.05, 0.1) is 27.8 Å². The van der Waals surface area contributed by atoms with Crippen LogP contribution >= 0.6 is 23.2 Å². The molecule has 2 aliphatic heterocycles. The fourth-order valence-electron chi connectivity index (χ4n) is 5.39. The second-order valence-corrected chi connectivity index (χ2v) is 13.7. The molecule has 2 saturated heterocycles. The zero-order chi connectivity index (χ0) is 30.8. The number of alkyl halides is 3. The van der Waals surface area contributed by atoms with Crippen LogP contribution in [0.1, 0.15) is 47.7 Å². The monoisotopic (exact) mass is 648 g/mol. The highest BCUT2D eigenvalue weighted by Gasteiger charge is 2.37. The smallest absolute Gasteiger partial charge is 0.352 e. The highest BCUT2D eigenvalue weighted by molar-refractivity contribution is 7.91. The summed E-state index contributed by atoms with van der Waals surface area (Å²) < 4.78 is 68.3. The highest BCUT2D eigenvalue weighted by Crippen LogP contribution is 2.38. The summed E-state index contributed by atoms with van der Waals surface area (Å²) in [7, 11) is -2.51. The van der Waals surface area contributed by atoms with E-state index < -0.39 is 27.5 Å². The van der Waals surface area contributed by atoms with Crippen LogP contribution < -0.4 is 15.5 Å². The minimum atomic E-state index is -4.82. The Morgan fingerprint density at radius 1 is 1.17 bits per heavy atom. The summed E-state index contributed by atoms with van der Waals surface area (Å²) in [5.74, 6) is -1.30. The van der Waals surface area contributed by atoms with Crippen LogP contribution in [0.2, 0.25) is 10.0 Å². The summed E-state index contributed by atoms with van der Waals surface area (Å²) in [5, 5.41) is 6.10. The number of hydrogen-bond donors (Lipinski definition) is 2. The molecule has 42 heavy (non-hydrogen) atoms. The molecule has 14 heteroatoms. The molecular weight excluding hydrogens is 616 g/mol. The Morgan fingerprint density at radius 2 is 1.90 bits per heavy atom. The Hall–Kier alpha value is -2.38. The van der Waals surface area contributed by atoms with Crippen molar-refractivity contribution in [1.82, 2.24) is 15.5 Å². The fourth-order valence-corrected chi connectivity index (χ4v) is 6.93. The lowest BCUT2D eigenvalue weighted by Gasteiger charge is -2.34. The molecule has 4 rings (SSSR count). The van der Waals surface area contributed by atoms with Crippen molar-refractivity contribution >= 4 is 50.5 Å². The summed E-state index contributed by atoms with van der Waals surface area (Å²) in [6.45, 7) is 3.60. The van der Waals surface area contributed by atoms with Crippen LogP contribution in [0.4, 0.5) is 18.9 Å². The summed E-state index contributed by atoms with van der Waals surface area (Å²) in [6.07, 6.45) is -2.66. The molecule has 2 N–H and O–H groups in total. The van der Waals surface area contributed by atoms with E-state index in [1.165, 1.54) is 38.2 Å². The molecule has 2 aromatic rings. The Kier molecular flexibility index (Phi) is 10.1. The van der Waals surface area contributed by atoms with Gasteiger partial charge in [-0.3, -0.25) is 14.5 Å². The minimum Gasteiger partial charge on any atom is -0.352 e. The van der Waals surface area contributed by atoms with Crippen molar-refractivity contribution in [3.63, 3.8) is 0 Å². The van der Waals surface area contributed by atoms with Gasteiger partial charge >= 0.3 is 6.18 Å². The van der Waals surface area contributed by atoms with Gasteiger partial charge in [-0.15, -0.1) is 0 Å². The molecule has 0 unspecified atom stereocenters. The van der Waals surface area contributed by atoms with Crippen molar-refractivity contribution in [3.8, 4) is 0 Å². The van der Waals surface area contributed by atoms with Gasteiger partial charge in [0, 0.05) is 48.3 Å². The average Bonchev–Trinajstić information content (AvgIpc) is 3.48. The number of piperidine rings is 1. The molecule has 2 fully saturated rings. The number of hydrogen-bond acceptors (Lipinski definition) is 6. The second-order valence-electron chi connectivity index (χ2n) is 10.6. The summed E-state index contributed by atoms with van der Waals surface area (Å²) in [6, 6.07) is 5.62. The number of nitrogens with one attached hydrogen (secondary N) is 2. The number of halogens is 5. The van der Waals surface area contributed by atoms with E-state index in [-0.39, 0.29) is 61.9 Å². The third kappa shape index (κ3) is 7.39. The predicted octanol–water partition coefficient (Wildman–Crippen LogP) is 4.77. The molecule has 0 spiro atoms. The van der Waals surface area contributed by atoms with Gasteiger partial charge in [0.2, 0.25) is 5.91 Å². The molecule has 0 saturated carbocycles. The Bertz CT molecular complexity index is 1450. The minimum absolute atomic E-state index is 0.0533. The Balaban J connectivity index is 1.59. The van der Waals surface area contributed by atoms with Crippen LogP contribution in [0, 0.1) is 5.92 Å². The number of nitrogens with zero attached hydrogens (tertiary/aromatic N) is 2. The maximum absolute atomic E-state index is 14.3. The first-order valence-corrected chi connectivity index (χ1v) is 16.1. The van der Waals surface area contributed by atoms with E-state index in [4.69, 9.17) is 23.2 Å². The first-order chi connectivity index (χ1) is 19.7. The van der Waals surface area contributed by atoms with Crippen LogP contribution in [-0.4, -0.2) is 70.2 Å². The van der Waals surface area contributed by atoms with E-state index in [0.29, 0.717) is 26.1 Å². The lowest BCUT2D eigenvalue weighted by molar-refractivity contribution is -0.138. The Labute approximate surface area is 253 Å². The number of sulfone groups is 1. The van der Waals surface area contributed by atoms with Crippen molar-refractivity contribution in [1.29, 1.82) is 0 Å². The maximum Gasteiger partial charge on any atom is 0.416 e. The Morgan fingerprint density at radius 3 is 2.55 bits per heavy atom. The normalized spacial score (nSPS) is 20.0. The third-order valence-electron chi connectivity index (χ3n) is 7.71. The van der Waals surface area contributed by atoms with Crippen molar-refractivity contribution in [3.05, 3.63) is 57.1 Å². The van der Waals surface area contributed by atoms with Crippen LogP contribution in [-0.2, 0) is 27.4 Å². The number of amides is 2. The van der Waals surface area contributed by atoms with Gasteiger partial charge in [0.15, 0.2) is 9.84 Å². The number of likely N-dealkylation sites (tertiary alicyclic amines) is 1. The summed E-state index contributed by atoms with van der Waals surface area (Å²) in [5.41, 5.74) is -1.64. The number of benzene rings is 2. The third-order valence-corrected chi connectivity index (χ3v) is 10.1. The predicted molar refractivity (Wildman–Crippen MR) is 156 cm³/mol. The van der Waals surface area contributed by atoms with E-state index in [0.717, 1.165) is 30.4 Å². The van der Waals surface area contributed by atoms with Gasteiger partial charge in [-0.05, 0) is 68.2 Å². The van der Waals surface area contributed by atoms with Crippen molar-refractivity contribution in [2.24, 2.45) is 5.92 Å². The van der Waals surface area contributed by atoms with Crippen LogP contribution in [0.3, 0.4) is 0 Å². The molecule has 230 valence electrons. The van der Waals surface area contributed by atoms with Gasteiger partial charge in [-0.25, -0.2) is 8.42 Å². The van der Waals surface area contributed by atoms with Crippen LogP contribution in [0.25, 0.3) is 0 Å². The zero-order valence-corrected chi connectivity index (χ0v) is 25.6. The van der Waals surface area contributed by atoms with Gasteiger partial charge in [-0.1, -0.05) is 30.1 Å². The summed E-state index contributed by atoms with van der Waals surface area (Å²) >= 11 is 12.5. The number of rotatable bonds is 8. The molecule has 2 heterocycles. The van der Waals surface area contributed by atoms with Crippen molar-refractivity contribution in [2.75, 3.05) is 43.9 Å². The molecule has 0 radical (unpaired) electrons. The largest absolute Gasteiger partial charge is 0.416 e. The second kappa shape index (κ2) is 13.1. The molecule has 2 aromatic carbocycles. The standard InChI is InChI=1S/C28H33Cl2F3N4O4S/c1-3-42(40,41)25-7-6-19(29)13-24(25)36(2)27(39)18-11-22(28(31,32)33)21(23(30)12-18)16-37-10-4-5-20(15-37)35-26(38)17-8-9-34-14-17/h6-7,11-13,17,20,34H,3-5,8-10,14-16H2,1-2H3,(H,35,38)/t17-,20+/m1/s1. The van der Waals surface area contributed by atoms with E-state index in [2.05, 4.69) is 10.6 Å². The van der Waals surface area contributed by atoms with Crippen LogP contribution in [0.5, 0.6) is 0 Å². The number of anilines is 1. The molecule has 0 aliphatic carbocycles. The molecular formula is C28H33Cl2F3N4O4S. The van der Waals surface area contributed by atoms with E-state index in [1.807, 2.05) is 4.90 Å². The number of carbonyl (C=O) groups excluding carboxylic acids is 2. The quantitative estimate of drug-likeness (QED) is 0.428. The highest BCUT2D eigenvalue weighted by atomic mass is 35.5. The van der Waals surface area contributed by atoms with Gasteiger partial charge < -0.3 is 15.5 Å².